The Morgan fingerprint density at radius 3 is 1.73 bits per heavy atom. The third-order valence-electron chi connectivity index (χ3n) is 8.61. The highest BCUT2D eigenvalue weighted by Gasteiger charge is 2.34. The number of hydrogen-bond donors (Lipinski definition) is 3. The molecule has 0 bridgehead atoms. The summed E-state index contributed by atoms with van der Waals surface area (Å²) in [5.74, 6) is -0.759. The third-order valence-corrected chi connectivity index (χ3v) is 8.61. The molecule has 4 N–H and O–H groups in total. The zero-order valence-corrected chi connectivity index (χ0v) is 28.7. The topological polar surface area (TPSA) is 149 Å². The van der Waals surface area contributed by atoms with Crippen LogP contribution in [0.5, 0.6) is 0 Å². The molecule has 2 aliphatic rings. The Balaban J connectivity index is 0.00000474. The van der Waals surface area contributed by atoms with Gasteiger partial charge in [0.05, 0.1) is 13.2 Å². The van der Waals surface area contributed by atoms with Gasteiger partial charge in [-0.1, -0.05) is 13.8 Å². The van der Waals surface area contributed by atoms with E-state index in [1.54, 1.807) is 6.92 Å². The van der Waals surface area contributed by atoms with Crippen LogP contribution in [0.4, 0.5) is 0 Å². The Bertz CT molecular complexity index is 882. The molecular formula is C32H62N6O6. The number of unbranched alkanes of at least 4 members (excludes halogenated alkanes) is 2. The van der Waals surface area contributed by atoms with E-state index in [1.807, 2.05) is 23.6 Å². The molecule has 0 aromatic heterocycles. The average Bonchev–Trinajstić information content (AvgIpc) is 2.99. The number of nitrogens with two attached hydrogens (primary N) is 1. The highest BCUT2D eigenvalue weighted by molar-refractivity contribution is 5.77. The normalized spacial score (nSPS) is 17.5. The highest BCUT2D eigenvalue weighted by Crippen LogP contribution is 2.22. The summed E-state index contributed by atoms with van der Waals surface area (Å²) in [5.41, 5.74) is 5.22. The van der Waals surface area contributed by atoms with E-state index >= 15 is 0 Å². The van der Waals surface area contributed by atoms with E-state index in [4.69, 9.17) is 15.6 Å². The molecule has 0 aromatic rings. The van der Waals surface area contributed by atoms with Gasteiger partial charge in [-0.05, 0) is 59.8 Å². The summed E-state index contributed by atoms with van der Waals surface area (Å²) in [5, 5.41) is 11.6. The number of hydrogen-bond acceptors (Lipinski definition) is 8. The fourth-order valence-electron chi connectivity index (χ4n) is 5.57. The molecule has 2 fully saturated rings. The number of ether oxygens (including phenoxy) is 1. The van der Waals surface area contributed by atoms with Gasteiger partial charge in [0.25, 0.3) is 0 Å². The van der Waals surface area contributed by atoms with Crippen molar-refractivity contribution >= 4 is 23.7 Å². The maximum atomic E-state index is 12.7. The van der Waals surface area contributed by atoms with E-state index in [2.05, 4.69) is 42.8 Å². The van der Waals surface area contributed by atoms with Crippen LogP contribution in [0.2, 0.25) is 0 Å². The summed E-state index contributed by atoms with van der Waals surface area (Å²) in [7, 11) is 0. The minimum Gasteiger partial charge on any atom is -0.480 e. The van der Waals surface area contributed by atoms with Gasteiger partial charge >= 0.3 is 5.97 Å². The maximum Gasteiger partial charge on any atom is 0.320 e. The van der Waals surface area contributed by atoms with Crippen LogP contribution < -0.4 is 11.1 Å². The number of rotatable bonds is 17. The lowest BCUT2D eigenvalue weighted by Gasteiger charge is -2.46. The molecule has 2 heterocycles. The van der Waals surface area contributed by atoms with E-state index in [0.29, 0.717) is 77.8 Å². The monoisotopic (exact) mass is 626 g/mol. The smallest absolute Gasteiger partial charge is 0.320 e. The zero-order valence-electron chi connectivity index (χ0n) is 28.7. The highest BCUT2D eigenvalue weighted by atomic mass is 16.5. The summed E-state index contributed by atoms with van der Waals surface area (Å²) in [6.45, 7) is 22.4. The second kappa shape index (κ2) is 20.0. The largest absolute Gasteiger partial charge is 0.480 e. The number of carbonyl (C=O) groups excluding carboxylic acids is 3. The van der Waals surface area contributed by atoms with Gasteiger partial charge in [0, 0.05) is 89.7 Å². The standard InChI is InChI=1S/C30H56N6O6.C2H6/c1-24(37)33-14-18-35(19-15-33)29(2,3)22-42-23-30(4,5)36-20-16-34(17-21-36)27(39)12-7-6-11-26(38)32-13-9-8-10-25(31)28(40)41;1-2/h25H,6-23,31H2,1-5H3,(H,32,38)(H,40,41);1-2H3. The summed E-state index contributed by atoms with van der Waals surface area (Å²) in [6, 6.07) is -0.849. The molecule has 1 atom stereocenters. The lowest BCUT2D eigenvalue weighted by Crippen LogP contribution is -2.59. The van der Waals surface area contributed by atoms with Crippen LogP contribution >= 0.6 is 0 Å². The number of nitrogens with zero attached hydrogens (tertiary/aromatic N) is 4. The van der Waals surface area contributed by atoms with Crippen molar-refractivity contribution in [3.63, 3.8) is 0 Å². The van der Waals surface area contributed by atoms with Crippen molar-refractivity contribution in [1.29, 1.82) is 0 Å². The van der Waals surface area contributed by atoms with Crippen molar-refractivity contribution in [2.45, 2.75) is 111 Å². The second-order valence-corrected chi connectivity index (χ2v) is 13.0. The molecule has 0 spiro atoms. The molecule has 2 saturated heterocycles. The van der Waals surface area contributed by atoms with Crippen molar-refractivity contribution in [1.82, 2.24) is 24.9 Å². The van der Waals surface area contributed by atoms with Crippen LogP contribution in [0.3, 0.4) is 0 Å². The first-order valence-corrected chi connectivity index (χ1v) is 16.6. The Labute approximate surface area is 266 Å². The van der Waals surface area contributed by atoms with E-state index in [1.165, 1.54) is 0 Å². The van der Waals surface area contributed by atoms with E-state index in [0.717, 1.165) is 39.3 Å². The van der Waals surface area contributed by atoms with Gasteiger partial charge in [0.15, 0.2) is 0 Å². The van der Waals surface area contributed by atoms with E-state index in [-0.39, 0.29) is 28.8 Å². The quantitative estimate of drug-likeness (QED) is 0.207. The van der Waals surface area contributed by atoms with Gasteiger partial charge in [0.2, 0.25) is 17.7 Å². The molecule has 12 nitrogen and oxygen atoms in total. The van der Waals surface area contributed by atoms with E-state index < -0.39 is 12.0 Å². The summed E-state index contributed by atoms with van der Waals surface area (Å²) in [4.78, 5) is 55.7. The van der Waals surface area contributed by atoms with E-state index in [9.17, 15) is 19.2 Å². The lowest BCUT2D eigenvalue weighted by molar-refractivity contribution is -0.139. The van der Waals surface area contributed by atoms with Gasteiger partial charge in [-0.25, -0.2) is 0 Å². The number of carboxylic acid groups (broad SMARTS) is 1. The van der Waals surface area contributed by atoms with Crippen molar-refractivity contribution in [2.75, 3.05) is 72.1 Å². The van der Waals surface area contributed by atoms with Crippen LogP contribution in [0.1, 0.15) is 93.4 Å². The SMILES string of the molecule is CC.CC(=O)N1CCN(C(C)(C)COCC(C)(C)N2CCN(C(=O)CCCCC(=O)NCCCCC(N)C(=O)O)CC2)CC1. The predicted octanol–water partition coefficient (Wildman–Crippen LogP) is 2.15. The van der Waals surface area contributed by atoms with Crippen molar-refractivity contribution < 1.29 is 29.0 Å². The van der Waals surface area contributed by atoms with Gasteiger partial charge in [0.1, 0.15) is 6.04 Å². The summed E-state index contributed by atoms with van der Waals surface area (Å²) < 4.78 is 6.25. The van der Waals surface area contributed by atoms with Crippen molar-refractivity contribution in [2.24, 2.45) is 5.73 Å². The first-order chi connectivity index (χ1) is 20.7. The molecule has 0 aliphatic carbocycles. The van der Waals surface area contributed by atoms with Crippen molar-refractivity contribution in [3.8, 4) is 0 Å². The van der Waals surface area contributed by atoms with Gasteiger partial charge in [-0.15, -0.1) is 0 Å². The second-order valence-electron chi connectivity index (χ2n) is 13.0. The molecule has 0 aromatic carbocycles. The molecule has 3 amide bonds. The fraction of sp³-hybridized carbons (Fsp3) is 0.875. The van der Waals surface area contributed by atoms with Gasteiger partial charge < -0.3 is 30.7 Å². The van der Waals surface area contributed by atoms with Crippen molar-refractivity contribution in [3.05, 3.63) is 0 Å². The lowest BCUT2D eigenvalue weighted by atomic mass is 10.0. The van der Waals surface area contributed by atoms with Crippen LogP contribution in [0, 0.1) is 0 Å². The Kier molecular flexibility index (Phi) is 18.0. The average molecular weight is 627 g/mol. The summed E-state index contributed by atoms with van der Waals surface area (Å²) in [6.07, 6.45) is 3.91. The first kappa shape index (κ1) is 39.7. The molecule has 2 rings (SSSR count). The number of amides is 3. The Morgan fingerprint density at radius 1 is 0.773 bits per heavy atom. The molecule has 1 unspecified atom stereocenters. The van der Waals surface area contributed by atoms with Gasteiger partial charge in [-0.3, -0.25) is 29.0 Å². The maximum absolute atomic E-state index is 12.7. The number of aliphatic carboxylic acids is 1. The number of carbonyl (C=O) groups is 4. The van der Waals surface area contributed by atoms with Crippen LogP contribution in [0.15, 0.2) is 0 Å². The molecular weight excluding hydrogens is 564 g/mol. The molecule has 0 radical (unpaired) electrons. The Morgan fingerprint density at radius 2 is 1.25 bits per heavy atom. The molecule has 2 aliphatic heterocycles. The van der Waals surface area contributed by atoms with Gasteiger partial charge in [-0.2, -0.15) is 0 Å². The van der Waals surface area contributed by atoms with Crippen LogP contribution in [-0.2, 0) is 23.9 Å². The number of nitrogens with one attached hydrogen (secondary N) is 1. The van der Waals surface area contributed by atoms with Crippen LogP contribution in [-0.4, -0.2) is 138 Å². The number of carboxylic acids is 1. The zero-order chi connectivity index (χ0) is 33.3. The molecule has 0 saturated carbocycles. The minimum absolute atomic E-state index is 0.0398. The summed E-state index contributed by atoms with van der Waals surface area (Å²) >= 11 is 0. The molecule has 12 heteroatoms. The molecule has 44 heavy (non-hydrogen) atoms. The predicted molar refractivity (Wildman–Crippen MR) is 173 cm³/mol. The Hall–Kier alpha value is -2.28. The third kappa shape index (κ3) is 14.2. The van der Waals surface area contributed by atoms with Crippen LogP contribution in [0.25, 0.3) is 0 Å². The first-order valence-electron chi connectivity index (χ1n) is 16.6. The number of piperazine rings is 2. The molecule has 256 valence electrons. The fourth-order valence-corrected chi connectivity index (χ4v) is 5.57. The minimum atomic E-state index is -1.00.